The lowest BCUT2D eigenvalue weighted by molar-refractivity contribution is -0.138. The van der Waals surface area contributed by atoms with E-state index < -0.39 is 11.7 Å². The molecule has 0 fully saturated rings. The van der Waals surface area contributed by atoms with Gasteiger partial charge in [0.15, 0.2) is 0 Å². The van der Waals surface area contributed by atoms with E-state index in [1.54, 1.807) is 6.92 Å². The minimum Gasteiger partial charge on any atom is -0.399 e. The summed E-state index contributed by atoms with van der Waals surface area (Å²) in [7, 11) is 0. The van der Waals surface area contributed by atoms with E-state index in [1.165, 1.54) is 6.07 Å². The van der Waals surface area contributed by atoms with Crippen LogP contribution >= 0.6 is 0 Å². The summed E-state index contributed by atoms with van der Waals surface area (Å²) in [5, 5.41) is 0. The summed E-state index contributed by atoms with van der Waals surface area (Å²) in [5.74, 6) is 0. The Balaban J connectivity index is 3.40. The van der Waals surface area contributed by atoms with Crippen LogP contribution in [-0.4, -0.2) is 0 Å². The Hall–Kier alpha value is -1.39. The number of halogens is 3. The zero-order chi connectivity index (χ0) is 10.9. The fourth-order valence-electron chi connectivity index (χ4n) is 1.37. The Morgan fingerprint density at radius 3 is 2.21 bits per heavy atom. The molecule has 5 heteroatoms. The standard InChI is InChI=1S/C9H11F3N2/c1-2-6-7(9(10,11)12)3-5(13)4-8(6)14/h3-4H,2,13-14H2,1H3. The van der Waals surface area contributed by atoms with Crippen molar-refractivity contribution in [1.82, 2.24) is 0 Å². The Morgan fingerprint density at radius 2 is 1.79 bits per heavy atom. The summed E-state index contributed by atoms with van der Waals surface area (Å²) in [6.45, 7) is 1.62. The van der Waals surface area contributed by atoms with Crippen LogP contribution in [0.1, 0.15) is 18.1 Å². The van der Waals surface area contributed by atoms with Gasteiger partial charge in [-0.05, 0) is 24.1 Å². The molecule has 0 aliphatic carbocycles. The second kappa shape index (κ2) is 3.40. The monoisotopic (exact) mass is 204 g/mol. The number of anilines is 2. The number of benzene rings is 1. The van der Waals surface area contributed by atoms with Crippen molar-refractivity contribution in [3.8, 4) is 0 Å². The third kappa shape index (κ3) is 1.92. The van der Waals surface area contributed by atoms with E-state index in [2.05, 4.69) is 0 Å². The Morgan fingerprint density at radius 1 is 1.21 bits per heavy atom. The third-order valence-corrected chi connectivity index (χ3v) is 1.97. The van der Waals surface area contributed by atoms with E-state index in [-0.39, 0.29) is 23.4 Å². The molecule has 1 rings (SSSR count). The maximum Gasteiger partial charge on any atom is 0.416 e. The largest absolute Gasteiger partial charge is 0.416 e. The number of hydrogen-bond donors (Lipinski definition) is 2. The van der Waals surface area contributed by atoms with Gasteiger partial charge in [-0.1, -0.05) is 6.92 Å². The smallest absolute Gasteiger partial charge is 0.399 e. The van der Waals surface area contributed by atoms with Crippen molar-refractivity contribution in [2.45, 2.75) is 19.5 Å². The summed E-state index contributed by atoms with van der Waals surface area (Å²) < 4.78 is 37.5. The van der Waals surface area contributed by atoms with Crippen LogP contribution in [0.3, 0.4) is 0 Å². The molecule has 1 aromatic carbocycles. The molecular weight excluding hydrogens is 193 g/mol. The second-order valence-electron chi connectivity index (χ2n) is 2.99. The minimum atomic E-state index is -4.39. The number of hydrogen-bond acceptors (Lipinski definition) is 2. The van der Waals surface area contributed by atoms with Crippen molar-refractivity contribution < 1.29 is 13.2 Å². The van der Waals surface area contributed by atoms with Crippen molar-refractivity contribution in [1.29, 1.82) is 0 Å². The quantitative estimate of drug-likeness (QED) is 0.690. The fraction of sp³-hybridized carbons (Fsp3) is 0.333. The van der Waals surface area contributed by atoms with Crippen LogP contribution < -0.4 is 11.5 Å². The van der Waals surface area contributed by atoms with E-state index in [4.69, 9.17) is 11.5 Å². The maximum atomic E-state index is 12.5. The Labute approximate surface area is 79.7 Å². The van der Waals surface area contributed by atoms with Crippen LogP contribution in [0.4, 0.5) is 24.5 Å². The van der Waals surface area contributed by atoms with Crippen molar-refractivity contribution in [3.05, 3.63) is 23.3 Å². The van der Waals surface area contributed by atoms with Gasteiger partial charge in [-0.15, -0.1) is 0 Å². The third-order valence-electron chi connectivity index (χ3n) is 1.97. The van der Waals surface area contributed by atoms with Crippen LogP contribution in [0.15, 0.2) is 12.1 Å². The topological polar surface area (TPSA) is 52.0 Å². The predicted molar refractivity (Wildman–Crippen MR) is 49.6 cm³/mol. The zero-order valence-corrected chi connectivity index (χ0v) is 7.65. The number of alkyl halides is 3. The first-order valence-electron chi connectivity index (χ1n) is 4.11. The van der Waals surface area contributed by atoms with Gasteiger partial charge in [0.05, 0.1) is 5.56 Å². The lowest BCUT2D eigenvalue weighted by Gasteiger charge is -2.14. The molecule has 14 heavy (non-hydrogen) atoms. The first kappa shape index (κ1) is 10.7. The molecule has 0 aliphatic rings. The van der Waals surface area contributed by atoms with Gasteiger partial charge < -0.3 is 11.5 Å². The molecule has 0 unspecified atom stereocenters. The first-order valence-corrected chi connectivity index (χ1v) is 4.11. The fourth-order valence-corrected chi connectivity index (χ4v) is 1.37. The molecule has 0 radical (unpaired) electrons. The number of nitrogen functional groups attached to an aromatic ring is 2. The van der Waals surface area contributed by atoms with E-state index in [9.17, 15) is 13.2 Å². The summed E-state index contributed by atoms with van der Waals surface area (Å²) in [4.78, 5) is 0. The summed E-state index contributed by atoms with van der Waals surface area (Å²) >= 11 is 0. The lowest BCUT2D eigenvalue weighted by atomic mass is 10.0. The van der Waals surface area contributed by atoms with Gasteiger partial charge in [-0.3, -0.25) is 0 Å². The van der Waals surface area contributed by atoms with Crippen molar-refractivity contribution in [2.75, 3.05) is 11.5 Å². The number of rotatable bonds is 1. The van der Waals surface area contributed by atoms with Gasteiger partial charge in [0.1, 0.15) is 0 Å². The van der Waals surface area contributed by atoms with E-state index >= 15 is 0 Å². The van der Waals surface area contributed by atoms with Gasteiger partial charge in [-0.2, -0.15) is 13.2 Å². The van der Waals surface area contributed by atoms with Crippen molar-refractivity contribution >= 4 is 11.4 Å². The van der Waals surface area contributed by atoms with Gasteiger partial charge in [0, 0.05) is 11.4 Å². The normalized spacial score (nSPS) is 11.7. The molecule has 0 spiro atoms. The Kier molecular flexibility index (Phi) is 2.59. The summed E-state index contributed by atoms with van der Waals surface area (Å²) in [6, 6.07) is 2.25. The highest BCUT2D eigenvalue weighted by atomic mass is 19.4. The van der Waals surface area contributed by atoms with E-state index in [0.29, 0.717) is 0 Å². The van der Waals surface area contributed by atoms with Crippen LogP contribution in [0.5, 0.6) is 0 Å². The molecule has 0 aliphatic heterocycles. The second-order valence-corrected chi connectivity index (χ2v) is 2.99. The van der Waals surface area contributed by atoms with E-state index in [1.807, 2.05) is 0 Å². The van der Waals surface area contributed by atoms with E-state index in [0.717, 1.165) is 6.07 Å². The highest BCUT2D eigenvalue weighted by Gasteiger charge is 2.33. The average Bonchev–Trinajstić information content (AvgIpc) is 2.01. The lowest BCUT2D eigenvalue weighted by Crippen LogP contribution is -2.11. The first-order chi connectivity index (χ1) is 6.36. The SMILES string of the molecule is CCc1c(N)cc(N)cc1C(F)(F)F. The summed E-state index contributed by atoms with van der Waals surface area (Å²) in [6.07, 6.45) is -4.16. The van der Waals surface area contributed by atoms with Crippen LogP contribution in [0.25, 0.3) is 0 Å². The molecule has 0 bridgehead atoms. The zero-order valence-electron chi connectivity index (χ0n) is 7.65. The maximum absolute atomic E-state index is 12.5. The minimum absolute atomic E-state index is 0.0343. The van der Waals surface area contributed by atoms with Crippen molar-refractivity contribution in [2.24, 2.45) is 0 Å². The van der Waals surface area contributed by atoms with Crippen LogP contribution in [0, 0.1) is 0 Å². The van der Waals surface area contributed by atoms with Gasteiger partial charge in [-0.25, -0.2) is 0 Å². The molecule has 2 nitrogen and oxygen atoms in total. The van der Waals surface area contributed by atoms with Crippen LogP contribution in [0.2, 0.25) is 0 Å². The Bertz CT molecular complexity index is 345. The molecular formula is C9H11F3N2. The summed E-state index contributed by atoms with van der Waals surface area (Å²) in [5.41, 5.74) is 10.2. The molecule has 1 aromatic rings. The molecule has 78 valence electrons. The predicted octanol–water partition coefficient (Wildman–Crippen LogP) is 2.43. The number of nitrogens with two attached hydrogens (primary N) is 2. The highest BCUT2D eigenvalue weighted by Crippen LogP contribution is 2.36. The molecule has 0 aromatic heterocycles. The van der Waals surface area contributed by atoms with Crippen LogP contribution in [-0.2, 0) is 12.6 Å². The highest BCUT2D eigenvalue weighted by molar-refractivity contribution is 5.61. The molecule has 0 amide bonds. The molecule has 0 saturated carbocycles. The van der Waals surface area contributed by atoms with Gasteiger partial charge in [0.2, 0.25) is 0 Å². The molecule has 0 atom stereocenters. The molecule has 4 N–H and O–H groups in total. The molecule has 0 heterocycles. The van der Waals surface area contributed by atoms with Gasteiger partial charge in [0.25, 0.3) is 0 Å². The molecule has 0 saturated heterocycles. The van der Waals surface area contributed by atoms with Gasteiger partial charge >= 0.3 is 6.18 Å². The average molecular weight is 204 g/mol. The van der Waals surface area contributed by atoms with Crippen molar-refractivity contribution in [3.63, 3.8) is 0 Å².